The summed E-state index contributed by atoms with van der Waals surface area (Å²) in [6, 6.07) is 22.8. The van der Waals surface area contributed by atoms with E-state index >= 15 is 0 Å². The molecule has 6 rings (SSSR count). The molecule has 4 aliphatic rings. The molecule has 3 heterocycles. The Morgan fingerprint density at radius 3 is 2.65 bits per heavy atom. The van der Waals surface area contributed by atoms with Crippen molar-refractivity contribution >= 4 is 6.21 Å². The normalized spacial score (nSPS) is 33.5. The largest absolute Gasteiger partial charge is 0.302 e. The molecule has 0 amide bonds. The lowest BCUT2D eigenvalue weighted by Gasteiger charge is -2.64. The summed E-state index contributed by atoms with van der Waals surface area (Å²) in [5.74, 6) is 0. The highest BCUT2D eigenvalue weighted by Gasteiger charge is 2.65. The maximum absolute atomic E-state index is 4.97. The van der Waals surface area contributed by atoms with Crippen molar-refractivity contribution in [3.8, 4) is 0 Å². The average molecular weight is 409 g/mol. The molecule has 1 fully saturated rings. The quantitative estimate of drug-likeness (QED) is 0.748. The SMILES string of the molecule is C1=CC2=CC(c3ccccc3)[N@+]34CCN=C[C@]3(C2=CC1)C(Cc1ccccc1)NCC4. The molecule has 3 heteroatoms. The van der Waals surface area contributed by atoms with Gasteiger partial charge in [-0.1, -0.05) is 78.9 Å². The Morgan fingerprint density at radius 1 is 1.00 bits per heavy atom. The Labute approximate surface area is 185 Å². The second kappa shape index (κ2) is 7.44. The first-order chi connectivity index (χ1) is 15.3. The van der Waals surface area contributed by atoms with Crippen LogP contribution < -0.4 is 5.32 Å². The molecular weight excluding hydrogens is 378 g/mol. The topological polar surface area (TPSA) is 24.4 Å². The number of benzene rings is 2. The van der Waals surface area contributed by atoms with E-state index in [1.165, 1.54) is 22.3 Å². The van der Waals surface area contributed by atoms with Crippen LogP contribution in [0.25, 0.3) is 0 Å². The van der Waals surface area contributed by atoms with Crippen LogP contribution in [0.15, 0.2) is 101 Å². The summed E-state index contributed by atoms with van der Waals surface area (Å²) in [6.07, 6.45) is 14.1. The predicted octanol–water partition coefficient (Wildman–Crippen LogP) is 4.41. The van der Waals surface area contributed by atoms with Gasteiger partial charge in [-0.15, -0.1) is 0 Å². The number of hydrogen-bond donors (Lipinski definition) is 1. The number of allylic oxidation sites excluding steroid dienone is 3. The average Bonchev–Trinajstić information content (AvgIpc) is 2.84. The summed E-state index contributed by atoms with van der Waals surface area (Å²) in [4.78, 5) is 4.97. The van der Waals surface area contributed by atoms with Crippen molar-refractivity contribution in [2.45, 2.75) is 30.5 Å². The van der Waals surface area contributed by atoms with E-state index in [1.807, 2.05) is 0 Å². The van der Waals surface area contributed by atoms with Gasteiger partial charge in [0.1, 0.15) is 12.6 Å². The minimum atomic E-state index is -0.137. The summed E-state index contributed by atoms with van der Waals surface area (Å²) in [5.41, 5.74) is 5.56. The molecule has 31 heavy (non-hydrogen) atoms. The van der Waals surface area contributed by atoms with E-state index in [9.17, 15) is 0 Å². The fourth-order valence-corrected chi connectivity index (χ4v) is 6.59. The van der Waals surface area contributed by atoms with Gasteiger partial charge in [0.15, 0.2) is 5.54 Å². The van der Waals surface area contributed by atoms with E-state index in [0.29, 0.717) is 12.1 Å². The lowest BCUT2D eigenvalue weighted by atomic mass is 9.66. The Bertz CT molecular complexity index is 1080. The van der Waals surface area contributed by atoms with Crippen molar-refractivity contribution in [3.05, 3.63) is 107 Å². The third kappa shape index (κ3) is 2.77. The standard InChI is InChI=1S/C28H30N3/c1-3-9-22(10-4-1)19-27-28-21-29-15-17-31(28,18-16-30-27)26(23-11-5-2-6-12-23)20-24-13-7-8-14-25(24)28/h1-7,9-14,20-21,26-27,30H,8,15-19H2/q+1/t26?,27?,28-,31+/m0/s1. The van der Waals surface area contributed by atoms with Gasteiger partial charge in [0.05, 0.1) is 25.3 Å². The molecule has 0 saturated carbocycles. The Morgan fingerprint density at radius 2 is 1.81 bits per heavy atom. The van der Waals surface area contributed by atoms with Crippen LogP contribution in [-0.4, -0.2) is 48.5 Å². The molecule has 2 unspecified atom stereocenters. The van der Waals surface area contributed by atoms with E-state index in [0.717, 1.165) is 43.5 Å². The van der Waals surface area contributed by atoms with Gasteiger partial charge in [-0.3, -0.25) is 9.48 Å². The molecule has 4 atom stereocenters. The summed E-state index contributed by atoms with van der Waals surface area (Å²) < 4.78 is 1.06. The number of piperazine rings is 1. The first-order valence-electron chi connectivity index (χ1n) is 11.6. The third-order valence-corrected chi connectivity index (χ3v) is 7.88. The Kier molecular flexibility index (Phi) is 4.55. The second-order valence-electron chi connectivity index (χ2n) is 9.27. The molecule has 1 aliphatic carbocycles. The summed E-state index contributed by atoms with van der Waals surface area (Å²) in [6.45, 7) is 4.17. The van der Waals surface area contributed by atoms with E-state index in [2.05, 4.69) is 96.5 Å². The molecule has 156 valence electrons. The highest BCUT2D eigenvalue weighted by atomic mass is 15.5. The number of hydrogen-bond acceptors (Lipinski definition) is 2. The zero-order valence-corrected chi connectivity index (χ0v) is 18.0. The number of aliphatic imine (C=N–C) groups is 1. The van der Waals surface area contributed by atoms with Crippen LogP contribution >= 0.6 is 0 Å². The van der Waals surface area contributed by atoms with Gasteiger partial charge >= 0.3 is 0 Å². The minimum Gasteiger partial charge on any atom is -0.302 e. The van der Waals surface area contributed by atoms with E-state index in [4.69, 9.17) is 4.99 Å². The van der Waals surface area contributed by atoms with Crippen LogP contribution in [0.4, 0.5) is 0 Å². The molecular formula is C28H30N3+. The summed E-state index contributed by atoms with van der Waals surface area (Å²) in [7, 11) is 0. The molecule has 1 saturated heterocycles. The molecule has 0 radical (unpaired) electrons. The maximum atomic E-state index is 4.97. The van der Waals surface area contributed by atoms with E-state index < -0.39 is 0 Å². The van der Waals surface area contributed by atoms with Crippen molar-refractivity contribution in [3.63, 3.8) is 0 Å². The molecule has 0 aromatic heterocycles. The minimum absolute atomic E-state index is 0.137. The van der Waals surface area contributed by atoms with Gasteiger partial charge in [-0.05, 0) is 30.1 Å². The molecule has 3 aliphatic heterocycles. The maximum Gasteiger partial charge on any atom is 0.177 e. The van der Waals surface area contributed by atoms with Crippen LogP contribution in [0.5, 0.6) is 0 Å². The molecule has 1 N–H and O–H groups in total. The van der Waals surface area contributed by atoms with Crippen LogP contribution in [0, 0.1) is 0 Å². The fourth-order valence-electron chi connectivity index (χ4n) is 6.59. The number of quaternary nitrogens is 1. The molecule has 0 spiro atoms. The summed E-state index contributed by atoms with van der Waals surface area (Å²) >= 11 is 0. The Balaban J connectivity index is 1.57. The van der Waals surface area contributed by atoms with Gasteiger partial charge in [0.25, 0.3) is 0 Å². The van der Waals surface area contributed by atoms with Gasteiger partial charge in [-0.2, -0.15) is 0 Å². The number of nitrogens with zero attached hydrogens (tertiary/aromatic N) is 2. The van der Waals surface area contributed by atoms with Crippen molar-refractivity contribution in [2.75, 3.05) is 26.2 Å². The van der Waals surface area contributed by atoms with Gasteiger partial charge in [-0.25, -0.2) is 0 Å². The van der Waals surface area contributed by atoms with Crippen molar-refractivity contribution in [1.82, 2.24) is 5.32 Å². The van der Waals surface area contributed by atoms with Gasteiger partial charge < -0.3 is 5.32 Å². The first kappa shape index (κ1) is 19.0. The zero-order chi connectivity index (χ0) is 20.7. The van der Waals surface area contributed by atoms with E-state index in [-0.39, 0.29) is 5.54 Å². The lowest BCUT2D eigenvalue weighted by Crippen LogP contribution is -2.81. The molecule has 2 aromatic carbocycles. The van der Waals surface area contributed by atoms with Crippen LogP contribution in [0.1, 0.15) is 23.6 Å². The van der Waals surface area contributed by atoms with Gasteiger partial charge in [0, 0.05) is 17.7 Å². The highest BCUT2D eigenvalue weighted by molar-refractivity contribution is 5.80. The fraction of sp³-hybridized carbons (Fsp3) is 0.321. The lowest BCUT2D eigenvalue weighted by molar-refractivity contribution is -0.987. The third-order valence-electron chi connectivity index (χ3n) is 7.88. The molecule has 0 bridgehead atoms. The predicted molar refractivity (Wildman–Crippen MR) is 127 cm³/mol. The smallest absolute Gasteiger partial charge is 0.177 e. The number of fused-ring (bicyclic) bond motifs is 1. The first-order valence-corrected chi connectivity index (χ1v) is 11.6. The van der Waals surface area contributed by atoms with E-state index in [1.54, 1.807) is 0 Å². The van der Waals surface area contributed by atoms with Crippen molar-refractivity contribution in [2.24, 2.45) is 4.99 Å². The molecule has 3 nitrogen and oxygen atoms in total. The summed E-state index contributed by atoms with van der Waals surface area (Å²) in [5, 5.41) is 3.96. The van der Waals surface area contributed by atoms with Crippen molar-refractivity contribution in [1.29, 1.82) is 0 Å². The zero-order valence-electron chi connectivity index (χ0n) is 18.0. The van der Waals surface area contributed by atoms with Crippen LogP contribution in [0.3, 0.4) is 0 Å². The second-order valence-corrected chi connectivity index (χ2v) is 9.27. The van der Waals surface area contributed by atoms with Gasteiger partial charge in [0.2, 0.25) is 0 Å². The highest BCUT2D eigenvalue weighted by Crippen LogP contribution is 2.53. The van der Waals surface area contributed by atoms with Crippen LogP contribution in [-0.2, 0) is 6.42 Å². The molecule has 2 aromatic rings. The Hall–Kier alpha value is -2.75. The van der Waals surface area contributed by atoms with Crippen LogP contribution in [0.2, 0.25) is 0 Å². The van der Waals surface area contributed by atoms with Crippen molar-refractivity contribution < 1.29 is 4.48 Å². The monoisotopic (exact) mass is 408 g/mol. The number of nitrogens with one attached hydrogen (secondary N) is 1. The number of rotatable bonds is 3.